The van der Waals surface area contributed by atoms with Gasteiger partial charge in [-0.3, -0.25) is 0 Å². The summed E-state index contributed by atoms with van der Waals surface area (Å²) in [6.45, 7) is 10.1. The third-order valence-electron chi connectivity index (χ3n) is 1.34. The summed E-state index contributed by atoms with van der Waals surface area (Å²) < 4.78 is 0. The van der Waals surface area contributed by atoms with Gasteiger partial charge in [-0.05, 0) is 19.6 Å². The van der Waals surface area contributed by atoms with Gasteiger partial charge in [-0.1, -0.05) is 20.8 Å². The Balaban J connectivity index is -0.0000000600. The van der Waals surface area contributed by atoms with E-state index in [0.29, 0.717) is 0 Å². The van der Waals surface area contributed by atoms with Gasteiger partial charge in [-0.2, -0.15) is 0 Å². The number of halogens is 2. The Kier molecular flexibility index (Phi) is 37.9. The fourth-order valence-electron chi connectivity index (χ4n) is 0.671. The van der Waals surface area contributed by atoms with Crippen molar-refractivity contribution in [1.82, 2.24) is 4.90 Å². The molecule has 0 amide bonds. The maximum atomic E-state index is 2.38. The van der Waals surface area contributed by atoms with Crippen LogP contribution >= 0.6 is 0 Å². The van der Waals surface area contributed by atoms with E-state index in [1.807, 2.05) is 0 Å². The van der Waals surface area contributed by atoms with E-state index in [1.54, 1.807) is 0 Å². The van der Waals surface area contributed by atoms with Gasteiger partial charge in [0.25, 0.3) is 0 Å². The predicted octanol–water partition coefficient (Wildman–Crippen LogP) is -4.65. The van der Waals surface area contributed by atoms with Crippen LogP contribution in [0.25, 0.3) is 0 Å². The standard InChI is InChI=1S/C6H15N.2BrH.Cu/c1-4-7(5-2)6-3;;;/h4-6H2,1-3H3;2*1H;/q;;;+2/p-2. The van der Waals surface area contributed by atoms with Crippen molar-refractivity contribution >= 4 is 0 Å². The maximum Gasteiger partial charge on any atom is 2.00 e. The normalized spacial score (nSPS) is 7.20. The van der Waals surface area contributed by atoms with Crippen LogP contribution in [0, 0.1) is 0 Å². The second-order valence-electron chi connectivity index (χ2n) is 1.62. The summed E-state index contributed by atoms with van der Waals surface area (Å²) in [6.07, 6.45) is 0. The molecule has 0 aromatic carbocycles. The molecule has 1 nitrogen and oxygen atoms in total. The van der Waals surface area contributed by atoms with Crippen molar-refractivity contribution in [1.29, 1.82) is 0 Å². The molecule has 10 heavy (non-hydrogen) atoms. The molecule has 0 spiro atoms. The molecule has 0 unspecified atom stereocenters. The van der Waals surface area contributed by atoms with E-state index in [2.05, 4.69) is 25.7 Å². The van der Waals surface area contributed by atoms with Gasteiger partial charge in [0.15, 0.2) is 0 Å². The summed E-state index contributed by atoms with van der Waals surface area (Å²) in [5.74, 6) is 0. The molecular formula is C6H15Br2CuN. The van der Waals surface area contributed by atoms with Gasteiger partial charge < -0.3 is 38.9 Å². The SMILES string of the molecule is CCN(CC)CC.[Br-].[Br-].[Cu+2]. The van der Waals surface area contributed by atoms with Crippen LogP contribution < -0.4 is 34.0 Å². The largest absolute Gasteiger partial charge is 2.00 e. The molecule has 0 atom stereocenters. The molecule has 0 aliphatic heterocycles. The van der Waals surface area contributed by atoms with Crippen LogP contribution in [0.3, 0.4) is 0 Å². The van der Waals surface area contributed by atoms with E-state index < -0.39 is 0 Å². The molecule has 0 saturated heterocycles. The van der Waals surface area contributed by atoms with E-state index in [1.165, 1.54) is 19.6 Å². The van der Waals surface area contributed by atoms with Crippen molar-refractivity contribution in [2.75, 3.05) is 19.6 Å². The molecule has 0 aromatic rings. The van der Waals surface area contributed by atoms with Crippen LogP contribution in [0.2, 0.25) is 0 Å². The predicted molar refractivity (Wildman–Crippen MR) is 33.5 cm³/mol. The number of hydrogen-bond donors (Lipinski definition) is 0. The number of hydrogen-bond acceptors (Lipinski definition) is 1. The van der Waals surface area contributed by atoms with Crippen LogP contribution in [0.1, 0.15) is 20.8 Å². The van der Waals surface area contributed by atoms with Crippen LogP contribution in [0.5, 0.6) is 0 Å². The monoisotopic (exact) mass is 322 g/mol. The van der Waals surface area contributed by atoms with Gasteiger partial charge in [0.1, 0.15) is 0 Å². The third kappa shape index (κ3) is 12.1. The van der Waals surface area contributed by atoms with Crippen LogP contribution in [-0.2, 0) is 17.1 Å². The molecule has 0 N–H and O–H groups in total. The first-order valence-electron chi connectivity index (χ1n) is 3.07. The van der Waals surface area contributed by atoms with E-state index in [-0.39, 0.29) is 51.0 Å². The maximum absolute atomic E-state index is 2.38. The topological polar surface area (TPSA) is 3.24 Å². The second kappa shape index (κ2) is 16.8. The van der Waals surface area contributed by atoms with E-state index >= 15 is 0 Å². The first-order chi connectivity index (χ1) is 3.35. The van der Waals surface area contributed by atoms with Gasteiger partial charge in [0.05, 0.1) is 0 Å². The van der Waals surface area contributed by atoms with Crippen LogP contribution in [0.4, 0.5) is 0 Å². The summed E-state index contributed by atoms with van der Waals surface area (Å²) in [6, 6.07) is 0. The van der Waals surface area contributed by atoms with Gasteiger partial charge in [-0.15, -0.1) is 0 Å². The number of nitrogens with zero attached hydrogens (tertiary/aromatic N) is 1. The summed E-state index contributed by atoms with van der Waals surface area (Å²) in [5, 5.41) is 0. The molecule has 69 valence electrons. The zero-order chi connectivity index (χ0) is 5.70. The van der Waals surface area contributed by atoms with Gasteiger partial charge in [-0.25, -0.2) is 0 Å². The van der Waals surface area contributed by atoms with Crippen molar-refractivity contribution in [2.45, 2.75) is 20.8 Å². The first-order valence-corrected chi connectivity index (χ1v) is 3.07. The quantitative estimate of drug-likeness (QED) is 0.472. The van der Waals surface area contributed by atoms with E-state index in [9.17, 15) is 0 Å². The van der Waals surface area contributed by atoms with E-state index in [0.717, 1.165) is 0 Å². The molecular weight excluding hydrogens is 309 g/mol. The van der Waals surface area contributed by atoms with Crippen LogP contribution in [0.15, 0.2) is 0 Å². The molecule has 0 aromatic heterocycles. The molecule has 0 saturated carbocycles. The summed E-state index contributed by atoms with van der Waals surface area (Å²) in [7, 11) is 0. The van der Waals surface area contributed by atoms with E-state index in [4.69, 9.17) is 0 Å². The Morgan fingerprint density at radius 1 is 0.800 bits per heavy atom. The van der Waals surface area contributed by atoms with Crippen molar-refractivity contribution < 1.29 is 51.0 Å². The molecule has 0 bridgehead atoms. The van der Waals surface area contributed by atoms with Crippen molar-refractivity contribution in [3.8, 4) is 0 Å². The molecule has 0 aliphatic carbocycles. The average molecular weight is 325 g/mol. The molecule has 1 radical (unpaired) electrons. The Morgan fingerprint density at radius 3 is 1.00 bits per heavy atom. The summed E-state index contributed by atoms with van der Waals surface area (Å²) in [4.78, 5) is 2.38. The average Bonchev–Trinajstić information content (AvgIpc) is 1.72. The summed E-state index contributed by atoms with van der Waals surface area (Å²) in [5.41, 5.74) is 0. The minimum absolute atomic E-state index is 0. The Hall–Kier alpha value is 1.44. The Bertz CT molecular complexity index is 37.2. The minimum Gasteiger partial charge on any atom is -1.00 e. The van der Waals surface area contributed by atoms with Gasteiger partial charge >= 0.3 is 17.1 Å². The van der Waals surface area contributed by atoms with Crippen molar-refractivity contribution in [3.05, 3.63) is 0 Å². The van der Waals surface area contributed by atoms with Crippen molar-refractivity contribution in [3.63, 3.8) is 0 Å². The minimum atomic E-state index is 0. The molecule has 0 rings (SSSR count). The smallest absolute Gasteiger partial charge is 1.00 e. The van der Waals surface area contributed by atoms with Gasteiger partial charge in [0.2, 0.25) is 0 Å². The fourth-order valence-corrected chi connectivity index (χ4v) is 0.671. The Morgan fingerprint density at radius 2 is 1.00 bits per heavy atom. The zero-order valence-corrected chi connectivity index (χ0v) is 10.7. The summed E-state index contributed by atoms with van der Waals surface area (Å²) >= 11 is 0. The van der Waals surface area contributed by atoms with Gasteiger partial charge in [0, 0.05) is 0 Å². The second-order valence-corrected chi connectivity index (χ2v) is 1.62. The van der Waals surface area contributed by atoms with Crippen molar-refractivity contribution in [2.24, 2.45) is 0 Å². The fraction of sp³-hybridized carbons (Fsp3) is 1.00. The zero-order valence-electron chi connectivity index (χ0n) is 6.63. The molecule has 0 fully saturated rings. The van der Waals surface area contributed by atoms with Crippen LogP contribution in [-0.4, -0.2) is 24.5 Å². The third-order valence-corrected chi connectivity index (χ3v) is 1.34. The molecule has 0 aliphatic rings. The number of rotatable bonds is 3. The Labute approximate surface area is 95.9 Å². The molecule has 0 heterocycles. The molecule has 4 heteroatoms. The first kappa shape index (κ1) is 22.5.